The van der Waals surface area contributed by atoms with Crippen molar-refractivity contribution < 1.29 is 27.4 Å². The second-order valence-electron chi connectivity index (χ2n) is 5.68. The van der Waals surface area contributed by atoms with E-state index in [2.05, 4.69) is 27.2 Å². The van der Waals surface area contributed by atoms with Crippen molar-refractivity contribution in [1.82, 2.24) is 10.3 Å². The van der Waals surface area contributed by atoms with Crippen molar-refractivity contribution in [3.8, 4) is 11.6 Å². The van der Waals surface area contributed by atoms with Crippen molar-refractivity contribution in [2.75, 3.05) is 13.2 Å². The van der Waals surface area contributed by atoms with E-state index in [0.717, 1.165) is 18.8 Å². The number of carbonyl (C=O) groups excluding carboxylic acids is 1. The Balaban J connectivity index is 0.000000219. The van der Waals surface area contributed by atoms with Gasteiger partial charge in [-0.3, -0.25) is 0 Å². The van der Waals surface area contributed by atoms with Crippen molar-refractivity contribution >= 4 is 6.03 Å². The summed E-state index contributed by atoms with van der Waals surface area (Å²) in [5, 5.41) is 2.29. The number of fused-ring (bicyclic) bond motifs is 1. The third kappa shape index (κ3) is 7.85. The van der Waals surface area contributed by atoms with Gasteiger partial charge in [-0.1, -0.05) is 18.2 Å². The minimum Gasteiger partial charge on any atom is -0.493 e. The molecule has 3 rings (SSSR count). The number of ether oxygens (including phenoxy) is 2. The molecule has 9 heteroatoms. The number of hydrogen-bond donors (Lipinski definition) is 2. The molecule has 0 saturated heterocycles. The number of nitrogens with one attached hydrogen (secondary N) is 1. The van der Waals surface area contributed by atoms with Crippen molar-refractivity contribution in [2.45, 2.75) is 25.6 Å². The van der Waals surface area contributed by atoms with E-state index in [1.54, 1.807) is 0 Å². The second kappa shape index (κ2) is 9.65. The van der Waals surface area contributed by atoms with Crippen LogP contribution in [-0.2, 0) is 13.0 Å². The van der Waals surface area contributed by atoms with E-state index in [-0.39, 0.29) is 12.4 Å². The maximum Gasteiger partial charge on any atom is 0.422 e. The van der Waals surface area contributed by atoms with Gasteiger partial charge >= 0.3 is 12.2 Å². The van der Waals surface area contributed by atoms with E-state index in [1.165, 1.54) is 30.3 Å². The number of amides is 2. The summed E-state index contributed by atoms with van der Waals surface area (Å²) >= 11 is 0. The Morgan fingerprint density at radius 1 is 1.30 bits per heavy atom. The molecule has 1 aromatic carbocycles. The topological polar surface area (TPSA) is 86.5 Å². The Bertz CT molecular complexity index is 729. The summed E-state index contributed by atoms with van der Waals surface area (Å²) in [7, 11) is 0. The third-order valence-electron chi connectivity index (χ3n) is 3.47. The maximum absolute atomic E-state index is 11.9. The molecule has 27 heavy (non-hydrogen) atoms. The lowest BCUT2D eigenvalue weighted by Gasteiger charge is -2.15. The third-order valence-corrected chi connectivity index (χ3v) is 3.47. The number of primary amides is 1. The van der Waals surface area contributed by atoms with Gasteiger partial charge in [-0.05, 0) is 36.1 Å². The lowest BCUT2D eigenvalue weighted by atomic mass is 10.1. The standard InChI is InChI=1S/C9H10F3N3O2.C9H10O/c10-9(11,12)5-17-7-3-6(1-2-14-7)4-15-8(13)16;1-2-6-9-8(4-1)5-3-7-10-9/h1-3H,4-5H2,(H3,13,15,16);1-2,4,6H,3,5,7H2. The van der Waals surface area contributed by atoms with Crippen LogP contribution in [0.25, 0.3) is 0 Å². The molecule has 2 heterocycles. The van der Waals surface area contributed by atoms with E-state index in [9.17, 15) is 18.0 Å². The molecule has 1 aliphatic rings. The average molecular weight is 383 g/mol. The molecule has 2 amide bonds. The molecule has 1 aliphatic heterocycles. The van der Waals surface area contributed by atoms with Crippen molar-refractivity contribution in [3.05, 3.63) is 53.7 Å². The highest BCUT2D eigenvalue weighted by Crippen LogP contribution is 2.23. The number of rotatable bonds is 4. The monoisotopic (exact) mass is 383 g/mol. The van der Waals surface area contributed by atoms with E-state index in [1.807, 2.05) is 12.1 Å². The lowest BCUT2D eigenvalue weighted by molar-refractivity contribution is -0.154. The summed E-state index contributed by atoms with van der Waals surface area (Å²) in [5.74, 6) is 0.917. The maximum atomic E-state index is 11.9. The van der Waals surface area contributed by atoms with Gasteiger partial charge in [0.2, 0.25) is 5.88 Å². The van der Waals surface area contributed by atoms with Gasteiger partial charge in [-0.25, -0.2) is 9.78 Å². The van der Waals surface area contributed by atoms with E-state index in [4.69, 9.17) is 10.5 Å². The van der Waals surface area contributed by atoms with Gasteiger partial charge in [0.1, 0.15) is 5.75 Å². The van der Waals surface area contributed by atoms with E-state index >= 15 is 0 Å². The van der Waals surface area contributed by atoms with Crippen LogP contribution in [0.5, 0.6) is 11.6 Å². The van der Waals surface area contributed by atoms with Crippen LogP contribution in [0.1, 0.15) is 17.5 Å². The van der Waals surface area contributed by atoms with E-state index in [0.29, 0.717) is 5.56 Å². The normalized spacial score (nSPS) is 12.7. The summed E-state index contributed by atoms with van der Waals surface area (Å²) in [6, 6.07) is 10.3. The minimum absolute atomic E-state index is 0.0975. The average Bonchev–Trinajstić information content (AvgIpc) is 2.65. The number of nitrogens with two attached hydrogens (primary N) is 1. The van der Waals surface area contributed by atoms with Gasteiger partial charge in [0.15, 0.2) is 6.61 Å². The van der Waals surface area contributed by atoms with Crippen LogP contribution < -0.4 is 20.5 Å². The van der Waals surface area contributed by atoms with Gasteiger partial charge in [0, 0.05) is 18.8 Å². The van der Waals surface area contributed by atoms with Crippen LogP contribution in [0, 0.1) is 0 Å². The molecule has 0 aliphatic carbocycles. The van der Waals surface area contributed by atoms with Crippen LogP contribution in [-0.4, -0.2) is 30.4 Å². The highest BCUT2D eigenvalue weighted by atomic mass is 19.4. The van der Waals surface area contributed by atoms with Gasteiger partial charge < -0.3 is 20.5 Å². The second-order valence-corrected chi connectivity index (χ2v) is 5.68. The summed E-state index contributed by atoms with van der Waals surface area (Å²) in [5.41, 5.74) is 6.74. The van der Waals surface area contributed by atoms with Crippen LogP contribution in [0.3, 0.4) is 0 Å². The summed E-state index contributed by atoms with van der Waals surface area (Å²) in [4.78, 5) is 14.0. The minimum atomic E-state index is -4.41. The van der Waals surface area contributed by atoms with Crippen molar-refractivity contribution in [1.29, 1.82) is 0 Å². The lowest BCUT2D eigenvalue weighted by Crippen LogP contribution is -2.28. The molecule has 6 nitrogen and oxygen atoms in total. The number of benzene rings is 1. The number of carbonyl (C=O) groups is 1. The molecule has 0 bridgehead atoms. The SMILES string of the molecule is NC(=O)NCc1ccnc(OCC(F)(F)F)c1.c1ccc2c(c1)CCCO2. The van der Waals surface area contributed by atoms with Crippen molar-refractivity contribution in [3.63, 3.8) is 0 Å². The molecular weight excluding hydrogens is 363 g/mol. The number of pyridine rings is 1. The van der Waals surface area contributed by atoms with Gasteiger partial charge in [0.05, 0.1) is 6.61 Å². The Kier molecular flexibility index (Phi) is 7.27. The number of alkyl halides is 3. The predicted molar refractivity (Wildman–Crippen MR) is 92.5 cm³/mol. The number of aromatic nitrogens is 1. The Labute approximate surface area is 154 Å². The molecule has 1 aromatic heterocycles. The zero-order valence-corrected chi connectivity index (χ0v) is 14.5. The Morgan fingerprint density at radius 3 is 2.78 bits per heavy atom. The highest BCUT2D eigenvalue weighted by Gasteiger charge is 2.28. The molecule has 2 aromatic rings. The molecule has 0 spiro atoms. The van der Waals surface area contributed by atoms with Crippen LogP contribution >= 0.6 is 0 Å². The predicted octanol–water partition coefficient (Wildman–Crippen LogP) is 3.20. The molecule has 0 saturated carbocycles. The first kappa shape index (κ1) is 20.3. The first-order valence-corrected chi connectivity index (χ1v) is 8.22. The zero-order chi connectivity index (χ0) is 19.7. The smallest absolute Gasteiger partial charge is 0.422 e. The Morgan fingerprint density at radius 2 is 2.07 bits per heavy atom. The van der Waals surface area contributed by atoms with Gasteiger partial charge in [0.25, 0.3) is 0 Å². The molecule has 0 radical (unpaired) electrons. The van der Waals surface area contributed by atoms with Crippen LogP contribution in [0.2, 0.25) is 0 Å². The van der Waals surface area contributed by atoms with Crippen molar-refractivity contribution in [2.24, 2.45) is 5.73 Å². The fraction of sp³-hybridized carbons (Fsp3) is 0.333. The number of para-hydroxylation sites is 1. The quantitative estimate of drug-likeness (QED) is 0.849. The van der Waals surface area contributed by atoms with Crippen LogP contribution in [0.4, 0.5) is 18.0 Å². The zero-order valence-electron chi connectivity index (χ0n) is 14.5. The number of halogens is 3. The van der Waals surface area contributed by atoms with E-state index < -0.39 is 18.8 Å². The number of urea groups is 1. The summed E-state index contributed by atoms with van der Waals surface area (Å²) < 4.78 is 45.5. The number of nitrogens with zero attached hydrogens (tertiary/aromatic N) is 1. The Hall–Kier alpha value is -2.97. The first-order chi connectivity index (χ1) is 12.8. The number of aryl methyl sites for hydroxylation is 1. The van der Waals surface area contributed by atoms with Crippen LogP contribution in [0.15, 0.2) is 42.6 Å². The van der Waals surface area contributed by atoms with Gasteiger partial charge in [-0.2, -0.15) is 13.2 Å². The molecule has 0 fully saturated rings. The summed E-state index contributed by atoms with van der Waals surface area (Å²) in [6.07, 6.45) is -0.792. The number of hydrogen-bond acceptors (Lipinski definition) is 4. The fourth-order valence-corrected chi connectivity index (χ4v) is 2.28. The molecule has 0 unspecified atom stereocenters. The molecule has 3 N–H and O–H groups in total. The molecular formula is C18H20F3N3O3. The largest absolute Gasteiger partial charge is 0.493 e. The first-order valence-electron chi connectivity index (χ1n) is 8.22. The molecule has 146 valence electrons. The fourth-order valence-electron chi connectivity index (χ4n) is 2.28. The van der Waals surface area contributed by atoms with Gasteiger partial charge in [-0.15, -0.1) is 0 Å². The highest BCUT2D eigenvalue weighted by molar-refractivity contribution is 5.71. The molecule has 0 atom stereocenters. The summed E-state index contributed by atoms with van der Waals surface area (Å²) in [6.45, 7) is -0.427.